The van der Waals surface area contributed by atoms with E-state index in [2.05, 4.69) is 15.0 Å². The van der Waals surface area contributed by atoms with Crippen molar-refractivity contribution in [3.8, 4) is 10.6 Å². The van der Waals surface area contributed by atoms with Gasteiger partial charge >= 0.3 is 0 Å². The van der Waals surface area contributed by atoms with E-state index in [0.29, 0.717) is 16.5 Å². The zero-order valence-electron chi connectivity index (χ0n) is 9.32. The fourth-order valence-electron chi connectivity index (χ4n) is 1.61. The molecule has 0 aliphatic heterocycles. The fraction of sp³-hybridized carbons (Fsp3) is 0.0833. The van der Waals surface area contributed by atoms with E-state index in [-0.39, 0.29) is 5.82 Å². The van der Waals surface area contributed by atoms with Crippen LogP contribution in [0, 0.1) is 12.7 Å². The number of aryl methyl sites for hydroxylation is 1. The molecule has 3 aromatic rings. The van der Waals surface area contributed by atoms with Crippen LogP contribution >= 0.6 is 22.9 Å². The minimum absolute atomic E-state index is 0.270. The molecule has 0 saturated carbocycles. The summed E-state index contributed by atoms with van der Waals surface area (Å²) < 4.78 is 12.9. The molecule has 0 N–H and O–H groups in total. The van der Waals surface area contributed by atoms with Crippen LogP contribution in [-0.4, -0.2) is 15.0 Å². The van der Waals surface area contributed by atoms with E-state index < -0.39 is 0 Å². The molecule has 0 fully saturated rings. The highest BCUT2D eigenvalue weighted by atomic mass is 35.5. The molecule has 0 radical (unpaired) electrons. The van der Waals surface area contributed by atoms with Crippen LogP contribution in [0.3, 0.4) is 0 Å². The largest absolute Gasteiger partial charge is 0.231 e. The normalized spacial score (nSPS) is 11.1. The highest BCUT2D eigenvalue weighted by Crippen LogP contribution is 2.31. The van der Waals surface area contributed by atoms with Crippen molar-refractivity contribution in [1.82, 2.24) is 15.0 Å². The number of halogens is 2. The Bertz CT molecular complexity index is 724. The molecule has 2 heterocycles. The number of hydrogen-bond donors (Lipinski definition) is 0. The maximum Gasteiger partial charge on any atom is 0.159 e. The molecular formula is C12H7ClFN3S. The summed E-state index contributed by atoms with van der Waals surface area (Å²) in [4.78, 5) is 13.5. The van der Waals surface area contributed by atoms with Crippen LogP contribution in [0.4, 0.5) is 4.39 Å². The summed E-state index contributed by atoms with van der Waals surface area (Å²) in [5.41, 5.74) is 1.43. The van der Waals surface area contributed by atoms with Gasteiger partial charge in [0, 0.05) is 5.56 Å². The molecule has 18 heavy (non-hydrogen) atoms. The van der Waals surface area contributed by atoms with E-state index >= 15 is 0 Å². The lowest BCUT2D eigenvalue weighted by Crippen LogP contribution is -1.87. The summed E-state index contributed by atoms with van der Waals surface area (Å²) in [7, 11) is 0. The Labute approximate surface area is 111 Å². The van der Waals surface area contributed by atoms with Crippen LogP contribution in [0.25, 0.3) is 20.9 Å². The lowest BCUT2D eigenvalue weighted by atomic mass is 10.2. The van der Waals surface area contributed by atoms with Gasteiger partial charge in [0.1, 0.15) is 27.0 Å². The second-order valence-electron chi connectivity index (χ2n) is 3.74. The molecule has 0 amide bonds. The van der Waals surface area contributed by atoms with Gasteiger partial charge in [-0.1, -0.05) is 22.9 Å². The standard InChI is InChI=1S/C12H7ClFN3S/c1-6-15-10(13)9-12(16-6)18-11(17-9)7-2-4-8(14)5-3-7/h2-5H,1H3. The predicted octanol–water partition coefficient (Wildman–Crippen LogP) is 3.85. The van der Waals surface area contributed by atoms with Crippen molar-refractivity contribution in [3.05, 3.63) is 41.1 Å². The molecular weight excluding hydrogens is 273 g/mol. The van der Waals surface area contributed by atoms with E-state index in [0.717, 1.165) is 15.4 Å². The first-order chi connectivity index (χ1) is 8.63. The monoisotopic (exact) mass is 279 g/mol. The highest BCUT2D eigenvalue weighted by molar-refractivity contribution is 7.21. The van der Waals surface area contributed by atoms with Gasteiger partial charge in [0.05, 0.1) is 0 Å². The van der Waals surface area contributed by atoms with Gasteiger partial charge in [-0.05, 0) is 31.2 Å². The van der Waals surface area contributed by atoms with Crippen LogP contribution in [0.1, 0.15) is 5.82 Å². The summed E-state index contributed by atoms with van der Waals surface area (Å²) in [6.45, 7) is 1.78. The molecule has 0 unspecified atom stereocenters. The van der Waals surface area contributed by atoms with E-state index in [9.17, 15) is 4.39 Å². The zero-order valence-corrected chi connectivity index (χ0v) is 10.9. The second-order valence-corrected chi connectivity index (χ2v) is 5.08. The Morgan fingerprint density at radius 1 is 1.11 bits per heavy atom. The first-order valence-corrected chi connectivity index (χ1v) is 6.39. The Morgan fingerprint density at radius 2 is 1.83 bits per heavy atom. The summed E-state index contributed by atoms with van der Waals surface area (Å²) in [5, 5.41) is 1.11. The molecule has 0 spiro atoms. The summed E-state index contributed by atoms with van der Waals surface area (Å²) in [5.74, 6) is 0.343. The topological polar surface area (TPSA) is 38.7 Å². The Morgan fingerprint density at radius 3 is 2.56 bits per heavy atom. The van der Waals surface area contributed by atoms with E-state index in [1.807, 2.05) is 0 Å². The smallest absolute Gasteiger partial charge is 0.159 e. The van der Waals surface area contributed by atoms with Gasteiger partial charge in [0.15, 0.2) is 5.15 Å². The van der Waals surface area contributed by atoms with Crippen LogP contribution < -0.4 is 0 Å². The fourth-order valence-corrected chi connectivity index (χ4v) is 2.91. The van der Waals surface area contributed by atoms with E-state index in [1.54, 1.807) is 19.1 Å². The predicted molar refractivity (Wildman–Crippen MR) is 70.4 cm³/mol. The lowest BCUT2D eigenvalue weighted by molar-refractivity contribution is 0.628. The lowest BCUT2D eigenvalue weighted by Gasteiger charge is -1.94. The van der Waals surface area contributed by atoms with Gasteiger partial charge in [0.25, 0.3) is 0 Å². The third-order valence-electron chi connectivity index (χ3n) is 2.42. The summed E-state index contributed by atoms with van der Waals surface area (Å²) in [6.07, 6.45) is 0. The second kappa shape index (κ2) is 4.26. The maximum absolute atomic E-state index is 12.9. The summed E-state index contributed by atoms with van der Waals surface area (Å²) in [6, 6.07) is 6.17. The highest BCUT2D eigenvalue weighted by Gasteiger charge is 2.11. The Balaban J connectivity index is 2.19. The quantitative estimate of drug-likeness (QED) is 0.635. The minimum Gasteiger partial charge on any atom is -0.231 e. The first-order valence-electron chi connectivity index (χ1n) is 5.20. The maximum atomic E-state index is 12.9. The molecule has 3 nitrogen and oxygen atoms in total. The number of hydrogen-bond acceptors (Lipinski definition) is 4. The van der Waals surface area contributed by atoms with Crippen molar-refractivity contribution in [3.63, 3.8) is 0 Å². The average molecular weight is 280 g/mol. The average Bonchev–Trinajstić information content (AvgIpc) is 2.74. The number of benzene rings is 1. The van der Waals surface area contributed by atoms with Crippen LogP contribution in [0.15, 0.2) is 24.3 Å². The molecule has 6 heteroatoms. The molecule has 0 bridgehead atoms. The Hall–Kier alpha value is -1.59. The van der Waals surface area contributed by atoms with E-state index in [1.165, 1.54) is 23.5 Å². The molecule has 0 saturated heterocycles. The number of thiazole rings is 1. The van der Waals surface area contributed by atoms with Gasteiger partial charge in [-0.25, -0.2) is 19.3 Å². The van der Waals surface area contributed by atoms with Gasteiger partial charge in [-0.2, -0.15) is 0 Å². The molecule has 0 aliphatic carbocycles. The van der Waals surface area contributed by atoms with Gasteiger partial charge < -0.3 is 0 Å². The van der Waals surface area contributed by atoms with Crippen LogP contribution in [0.2, 0.25) is 5.15 Å². The molecule has 0 atom stereocenters. The van der Waals surface area contributed by atoms with Gasteiger partial charge in [-0.3, -0.25) is 0 Å². The van der Waals surface area contributed by atoms with Gasteiger partial charge in [-0.15, -0.1) is 0 Å². The van der Waals surface area contributed by atoms with Crippen molar-refractivity contribution in [1.29, 1.82) is 0 Å². The Kier molecular flexibility index (Phi) is 2.72. The SMILES string of the molecule is Cc1nc(Cl)c2nc(-c3ccc(F)cc3)sc2n1. The van der Waals surface area contributed by atoms with Crippen molar-refractivity contribution >= 4 is 33.3 Å². The third-order valence-corrected chi connectivity index (χ3v) is 3.68. The van der Waals surface area contributed by atoms with Crippen molar-refractivity contribution in [2.24, 2.45) is 0 Å². The minimum atomic E-state index is -0.270. The van der Waals surface area contributed by atoms with Crippen molar-refractivity contribution in [2.45, 2.75) is 6.92 Å². The van der Waals surface area contributed by atoms with Crippen molar-refractivity contribution in [2.75, 3.05) is 0 Å². The first kappa shape index (κ1) is 11.5. The zero-order chi connectivity index (χ0) is 12.7. The van der Waals surface area contributed by atoms with Crippen LogP contribution in [-0.2, 0) is 0 Å². The number of rotatable bonds is 1. The summed E-state index contributed by atoms with van der Waals surface area (Å²) >= 11 is 7.44. The number of fused-ring (bicyclic) bond motifs is 1. The number of aromatic nitrogens is 3. The van der Waals surface area contributed by atoms with Gasteiger partial charge in [0.2, 0.25) is 0 Å². The van der Waals surface area contributed by atoms with E-state index in [4.69, 9.17) is 11.6 Å². The molecule has 1 aromatic carbocycles. The number of nitrogens with zero attached hydrogens (tertiary/aromatic N) is 3. The molecule has 2 aromatic heterocycles. The van der Waals surface area contributed by atoms with Crippen LogP contribution in [0.5, 0.6) is 0 Å². The molecule has 0 aliphatic rings. The third kappa shape index (κ3) is 1.95. The molecule has 3 rings (SSSR count). The molecule has 90 valence electrons. The van der Waals surface area contributed by atoms with Crippen molar-refractivity contribution < 1.29 is 4.39 Å².